The number of nitrogens with one attached hydrogen (secondary N) is 2. The highest BCUT2D eigenvalue weighted by Gasteiger charge is 2.39. The summed E-state index contributed by atoms with van der Waals surface area (Å²) in [4.78, 5) is 13.1. The molecule has 0 aromatic heterocycles. The van der Waals surface area contributed by atoms with Crippen LogP contribution in [-0.4, -0.2) is 59.4 Å². The van der Waals surface area contributed by atoms with Crippen LogP contribution in [-0.2, 0) is 29.6 Å². The summed E-state index contributed by atoms with van der Waals surface area (Å²) in [5, 5.41) is 2.71. The zero-order valence-corrected chi connectivity index (χ0v) is 20.4. The predicted octanol–water partition coefficient (Wildman–Crippen LogP) is 2.10. The smallest absolute Gasteiger partial charge is 0.243 e. The molecular weight excluding hydrogens is 466 g/mol. The summed E-state index contributed by atoms with van der Waals surface area (Å²) in [7, 11) is -6.06. The molecule has 0 bridgehead atoms. The Hall–Kier alpha value is -2.31. The molecule has 1 aliphatic rings. The van der Waals surface area contributed by atoms with Crippen LogP contribution in [0, 0.1) is 6.92 Å². The van der Waals surface area contributed by atoms with Crippen molar-refractivity contribution < 1.29 is 26.4 Å². The molecule has 0 saturated carbocycles. The van der Waals surface area contributed by atoms with Crippen molar-refractivity contribution in [2.24, 2.45) is 0 Å². The Morgan fingerprint density at radius 1 is 1.06 bits per heavy atom. The van der Waals surface area contributed by atoms with E-state index in [0.717, 1.165) is 5.56 Å². The summed E-state index contributed by atoms with van der Waals surface area (Å²) in [6.07, 6.45) is 0.983. The van der Waals surface area contributed by atoms with E-state index in [1.54, 1.807) is 31.2 Å². The predicted molar refractivity (Wildman–Crippen MR) is 125 cm³/mol. The summed E-state index contributed by atoms with van der Waals surface area (Å²) in [5.41, 5.74) is 1.32. The molecule has 2 atom stereocenters. The van der Waals surface area contributed by atoms with Crippen LogP contribution in [0.1, 0.15) is 25.3 Å². The number of anilines is 1. The van der Waals surface area contributed by atoms with E-state index in [-0.39, 0.29) is 22.9 Å². The van der Waals surface area contributed by atoms with E-state index in [2.05, 4.69) is 10.0 Å². The second-order valence-electron chi connectivity index (χ2n) is 8.08. The molecule has 2 N–H and O–H groups in total. The van der Waals surface area contributed by atoms with Gasteiger partial charge in [-0.25, -0.2) is 21.6 Å². The van der Waals surface area contributed by atoms with Gasteiger partial charge in [0.2, 0.25) is 26.0 Å². The van der Waals surface area contributed by atoms with Crippen molar-refractivity contribution in [2.45, 2.75) is 48.6 Å². The largest absolute Gasteiger partial charge is 0.383 e. The molecule has 2 aromatic carbocycles. The molecule has 1 saturated heterocycles. The van der Waals surface area contributed by atoms with Crippen molar-refractivity contribution in [3.8, 4) is 0 Å². The fourth-order valence-electron chi connectivity index (χ4n) is 3.70. The SMILES string of the molecule is COCC(C)NS(=O)(=O)c1ccc(NC(=O)C2CCCN2S(=O)(=O)c2ccc(C)cc2)cc1. The van der Waals surface area contributed by atoms with E-state index in [1.165, 1.54) is 35.7 Å². The number of rotatable bonds is 9. The Bertz CT molecular complexity index is 1180. The Morgan fingerprint density at radius 3 is 2.27 bits per heavy atom. The van der Waals surface area contributed by atoms with Gasteiger partial charge in [0, 0.05) is 25.4 Å². The lowest BCUT2D eigenvalue weighted by Gasteiger charge is -2.23. The summed E-state index contributed by atoms with van der Waals surface area (Å²) < 4.78 is 59.7. The van der Waals surface area contributed by atoms with Crippen molar-refractivity contribution in [1.29, 1.82) is 0 Å². The first-order valence-corrected chi connectivity index (χ1v) is 13.5. The van der Waals surface area contributed by atoms with Crippen molar-refractivity contribution >= 4 is 31.6 Å². The van der Waals surface area contributed by atoms with Crippen molar-refractivity contribution in [2.75, 3.05) is 25.6 Å². The minimum Gasteiger partial charge on any atom is -0.383 e. The van der Waals surface area contributed by atoms with Gasteiger partial charge in [0.25, 0.3) is 0 Å². The van der Waals surface area contributed by atoms with Gasteiger partial charge in [-0.1, -0.05) is 17.7 Å². The van der Waals surface area contributed by atoms with Crippen LogP contribution in [0.3, 0.4) is 0 Å². The number of aryl methyl sites for hydroxylation is 1. The molecule has 1 heterocycles. The third-order valence-electron chi connectivity index (χ3n) is 5.34. The van der Waals surface area contributed by atoms with Crippen LogP contribution in [0.2, 0.25) is 0 Å². The quantitative estimate of drug-likeness (QED) is 0.549. The lowest BCUT2D eigenvalue weighted by Crippen LogP contribution is -2.43. The number of ether oxygens (including phenoxy) is 1. The van der Waals surface area contributed by atoms with Gasteiger partial charge in [-0.15, -0.1) is 0 Å². The Kier molecular flexibility index (Phi) is 7.91. The number of sulfonamides is 2. The third-order valence-corrected chi connectivity index (χ3v) is 8.87. The monoisotopic (exact) mass is 495 g/mol. The van der Waals surface area contributed by atoms with E-state index >= 15 is 0 Å². The third kappa shape index (κ3) is 5.98. The number of amides is 1. The molecule has 9 nitrogen and oxygen atoms in total. The Labute approximate surface area is 195 Å². The fraction of sp³-hybridized carbons (Fsp3) is 0.409. The van der Waals surface area contributed by atoms with Gasteiger partial charge in [0.05, 0.1) is 16.4 Å². The van der Waals surface area contributed by atoms with Gasteiger partial charge in [-0.05, 0) is 63.1 Å². The van der Waals surface area contributed by atoms with Crippen LogP contribution >= 0.6 is 0 Å². The molecule has 0 spiro atoms. The number of methoxy groups -OCH3 is 1. The highest BCUT2D eigenvalue weighted by atomic mass is 32.2. The summed E-state index contributed by atoms with van der Waals surface area (Å²) in [6, 6.07) is 11.0. The maximum atomic E-state index is 13.1. The highest BCUT2D eigenvalue weighted by molar-refractivity contribution is 7.89. The average Bonchev–Trinajstić information content (AvgIpc) is 3.25. The number of nitrogens with zero attached hydrogens (tertiary/aromatic N) is 1. The normalized spacial score (nSPS) is 18.2. The molecule has 0 aliphatic carbocycles. The minimum atomic E-state index is -3.81. The molecule has 0 radical (unpaired) electrons. The van der Waals surface area contributed by atoms with Crippen LogP contribution in [0.15, 0.2) is 58.3 Å². The van der Waals surface area contributed by atoms with Crippen molar-refractivity contribution in [3.63, 3.8) is 0 Å². The highest BCUT2D eigenvalue weighted by Crippen LogP contribution is 2.27. The van der Waals surface area contributed by atoms with Crippen LogP contribution < -0.4 is 10.0 Å². The van der Waals surface area contributed by atoms with Gasteiger partial charge >= 0.3 is 0 Å². The van der Waals surface area contributed by atoms with E-state index in [4.69, 9.17) is 4.74 Å². The molecule has 2 aromatic rings. The van der Waals surface area contributed by atoms with Gasteiger partial charge in [-0.2, -0.15) is 4.31 Å². The molecule has 33 heavy (non-hydrogen) atoms. The van der Waals surface area contributed by atoms with Crippen LogP contribution in [0.25, 0.3) is 0 Å². The zero-order chi connectivity index (χ0) is 24.2. The maximum Gasteiger partial charge on any atom is 0.243 e. The number of carbonyl (C=O) groups is 1. The first-order valence-electron chi connectivity index (χ1n) is 10.6. The second-order valence-corrected chi connectivity index (χ2v) is 11.7. The first-order chi connectivity index (χ1) is 15.5. The minimum absolute atomic E-state index is 0.0490. The van der Waals surface area contributed by atoms with Gasteiger partial charge in [-0.3, -0.25) is 4.79 Å². The summed E-state index contributed by atoms with van der Waals surface area (Å²) in [5.74, 6) is -0.453. The maximum absolute atomic E-state index is 13.1. The average molecular weight is 496 g/mol. The molecule has 3 rings (SSSR count). The molecule has 11 heteroatoms. The topological polar surface area (TPSA) is 122 Å². The van der Waals surface area contributed by atoms with Gasteiger partial charge < -0.3 is 10.1 Å². The Balaban J connectivity index is 1.71. The first kappa shape index (κ1) is 25.3. The lowest BCUT2D eigenvalue weighted by atomic mass is 10.2. The molecule has 1 amide bonds. The van der Waals surface area contributed by atoms with Gasteiger partial charge in [0.1, 0.15) is 6.04 Å². The lowest BCUT2D eigenvalue weighted by molar-refractivity contribution is -0.119. The van der Waals surface area contributed by atoms with Gasteiger partial charge in [0.15, 0.2) is 0 Å². The van der Waals surface area contributed by atoms with Crippen LogP contribution in [0.5, 0.6) is 0 Å². The fourth-order valence-corrected chi connectivity index (χ4v) is 6.58. The molecular formula is C22H29N3O6S2. The number of hydrogen-bond acceptors (Lipinski definition) is 6. The van der Waals surface area contributed by atoms with E-state index in [9.17, 15) is 21.6 Å². The zero-order valence-electron chi connectivity index (χ0n) is 18.8. The summed E-state index contributed by atoms with van der Waals surface area (Å²) in [6.45, 7) is 4.05. The van der Waals surface area contributed by atoms with Crippen molar-refractivity contribution in [3.05, 3.63) is 54.1 Å². The standard InChI is InChI=1S/C22H29N3O6S2/c1-16-6-10-20(11-7-16)33(29,30)25-14-4-5-21(25)22(26)23-18-8-12-19(13-9-18)32(27,28)24-17(2)15-31-3/h6-13,17,21,24H,4-5,14-15H2,1-3H3,(H,23,26). The number of hydrogen-bond donors (Lipinski definition) is 2. The Morgan fingerprint density at radius 2 is 1.67 bits per heavy atom. The van der Waals surface area contributed by atoms with E-state index < -0.39 is 38.0 Å². The molecule has 1 fully saturated rings. The molecule has 2 unspecified atom stereocenters. The van der Waals surface area contributed by atoms with E-state index in [1.807, 2.05) is 6.92 Å². The number of carbonyl (C=O) groups excluding carboxylic acids is 1. The van der Waals surface area contributed by atoms with E-state index in [0.29, 0.717) is 18.5 Å². The molecule has 180 valence electrons. The summed E-state index contributed by atoms with van der Waals surface area (Å²) >= 11 is 0. The second kappa shape index (κ2) is 10.3. The van der Waals surface area contributed by atoms with Crippen molar-refractivity contribution in [1.82, 2.24) is 9.03 Å². The molecule has 1 aliphatic heterocycles. The number of benzene rings is 2. The van der Waals surface area contributed by atoms with Crippen LogP contribution in [0.4, 0.5) is 5.69 Å².